The SMILES string of the molecule is CC[C@]1(C(=O)c2ccc(Cl)cc2)[C@H]2c3cc(Br)ccc3OC(=O)[C@]21C(=O)OC. The second-order valence-electron chi connectivity index (χ2n) is 6.97. The quantitative estimate of drug-likeness (QED) is 0.288. The first-order chi connectivity index (χ1) is 13.3. The Hall–Kier alpha value is -2.18. The Kier molecular flexibility index (Phi) is 4.39. The van der Waals surface area contributed by atoms with Crippen molar-refractivity contribution in [3.05, 3.63) is 63.1 Å². The van der Waals surface area contributed by atoms with Gasteiger partial charge < -0.3 is 9.47 Å². The molecule has 0 spiro atoms. The first-order valence-corrected chi connectivity index (χ1v) is 9.92. The lowest BCUT2D eigenvalue weighted by molar-refractivity contribution is -0.160. The zero-order valence-electron chi connectivity index (χ0n) is 15.1. The summed E-state index contributed by atoms with van der Waals surface area (Å²) < 4.78 is 11.2. The van der Waals surface area contributed by atoms with Gasteiger partial charge in [0.25, 0.3) is 0 Å². The van der Waals surface area contributed by atoms with Gasteiger partial charge in [-0.1, -0.05) is 34.5 Å². The molecule has 1 aliphatic carbocycles. The highest BCUT2D eigenvalue weighted by molar-refractivity contribution is 9.10. The normalized spacial score (nSPS) is 27.3. The highest BCUT2D eigenvalue weighted by Crippen LogP contribution is 2.80. The maximum absolute atomic E-state index is 13.6. The Morgan fingerprint density at radius 3 is 2.50 bits per heavy atom. The van der Waals surface area contributed by atoms with Crippen molar-refractivity contribution in [1.29, 1.82) is 0 Å². The van der Waals surface area contributed by atoms with Gasteiger partial charge in [-0.3, -0.25) is 14.4 Å². The lowest BCUT2D eigenvalue weighted by Gasteiger charge is -2.22. The second-order valence-corrected chi connectivity index (χ2v) is 8.32. The minimum atomic E-state index is -1.69. The lowest BCUT2D eigenvalue weighted by atomic mass is 9.83. The van der Waals surface area contributed by atoms with E-state index < -0.39 is 28.7 Å². The molecule has 0 radical (unpaired) electrons. The van der Waals surface area contributed by atoms with Gasteiger partial charge in [-0.2, -0.15) is 0 Å². The number of rotatable bonds is 4. The number of benzene rings is 2. The van der Waals surface area contributed by atoms with Gasteiger partial charge in [0.1, 0.15) is 5.75 Å². The molecule has 0 unspecified atom stereocenters. The highest BCUT2D eigenvalue weighted by Gasteiger charge is 2.90. The van der Waals surface area contributed by atoms with Crippen LogP contribution in [0.3, 0.4) is 0 Å². The lowest BCUT2D eigenvalue weighted by Crippen LogP contribution is -2.40. The molecule has 0 bridgehead atoms. The van der Waals surface area contributed by atoms with Gasteiger partial charge in [-0.25, -0.2) is 0 Å². The van der Waals surface area contributed by atoms with Crippen LogP contribution in [0.25, 0.3) is 0 Å². The molecule has 2 aromatic rings. The van der Waals surface area contributed by atoms with E-state index >= 15 is 0 Å². The first kappa shape index (κ1) is 19.2. The van der Waals surface area contributed by atoms with E-state index in [2.05, 4.69) is 15.9 Å². The van der Waals surface area contributed by atoms with Crippen molar-refractivity contribution in [3.63, 3.8) is 0 Å². The fourth-order valence-electron chi connectivity index (χ4n) is 4.71. The maximum atomic E-state index is 13.6. The second kappa shape index (κ2) is 6.42. The number of Topliss-reactive ketones (excluding diaryl/α,β-unsaturated/α-hetero) is 1. The van der Waals surface area contributed by atoms with Crippen LogP contribution in [-0.2, 0) is 14.3 Å². The molecular formula is C21H16BrClO5. The summed E-state index contributed by atoms with van der Waals surface area (Å²) >= 11 is 9.36. The van der Waals surface area contributed by atoms with E-state index in [9.17, 15) is 14.4 Å². The third-order valence-corrected chi connectivity index (χ3v) is 6.68. The van der Waals surface area contributed by atoms with Crippen molar-refractivity contribution in [2.45, 2.75) is 19.3 Å². The summed E-state index contributed by atoms with van der Waals surface area (Å²) in [5.74, 6) is -2.10. The minimum Gasteiger partial charge on any atom is -0.468 e. The van der Waals surface area contributed by atoms with E-state index in [0.29, 0.717) is 21.9 Å². The molecule has 1 saturated carbocycles. The van der Waals surface area contributed by atoms with Gasteiger partial charge in [0.05, 0.1) is 12.5 Å². The fourth-order valence-corrected chi connectivity index (χ4v) is 5.21. The molecule has 28 heavy (non-hydrogen) atoms. The Bertz CT molecular complexity index is 1020. The summed E-state index contributed by atoms with van der Waals surface area (Å²) in [5, 5.41) is 0.492. The van der Waals surface area contributed by atoms with Crippen molar-refractivity contribution < 1.29 is 23.9 Å². The Morgan fingerprint density at radius 2 is 1.89 bits per heavy atom. The summed E-state index contributed by atoms with van der Waals surface area (Å²) in [6.45, 7) is 1.79. The molecule has 4 rings (SSSR count). The molecule has 0 amide bonds. The van der Waals surface area contributed by atoms with Gasteiger partial charge in [-0.05, 0) is 48.9 Å². The average Bonchev–Trinajstić information content (AvgIpc) is 3.35. The Morgan fingerprint density at radius 1 is 1.21 bits per heavy atom. The third kappa shape index (κ3) is 2.22. The highest BCUT2D eigenvalue weighted by atomic mass is 79.9. The summed E-state index contributed by atoms with van der Waals surface area (Å²) in [6, 6.07) is 11.6. The molecule has 1 aliphatic heterocycles. The largest absolute Gasteiger partial charge is 0.468 e. The molecule has 1 fully saturated rings. The number of fused-ring (bicyclic) bond motifs is 3. The van der Waals surface area contributed by atoms with Gasteiger partial charge >= 0.3 is 11.9 Å². The van der Waals surface area contributed by atoms with Gasteiger partial charge in [-0.15, -0.1) is 0 Å². The molecule has 0 N–H and O–H groups in total. The monoisotopic (exact) mass is 462 g/mol. The molecular weight excluding hydrogens is 448 g/mol. The summed E-state index contributed by atoms with van der Waals surface area (Å²) in [4.78, 5) is 39.6. The van der Waals surface area contributed by atoms with Crippen LogP contribution >= 0.6 is 27.5 Å². The number of ketones is 1. The molecule has 3 atom stereocenters. The van der Waals surface area contributed by atoms with E-state index in [1.54, 1.807) is 49.4 Å². The summed E-state index contributed by atoms with van der Waals surface area (Å²) in [6.07, 6.45) is 0.273. The summed E-state index contributed by atoms with van der Waals surface area (Å²) in [7, 11) is 1.21. The molecule has 1 heterocycles. The average molecular weight is 464 g/mol. The maximum Gasteiger partial charge on any atom is 0.330 e. The van der Waals surface area contributed by atoms with Crippen molar-refractivity contribution in [3.8, 4) is 5.75 Å². The van der Waals surface area contributed by atoms with Crippen LogP contribution in [0.15, 0.2) is 46.9 Å². The molecule has 5 nitrogen and oxygen atoms in total. The van der Waals surface area contributed by atoms with Crippen molar-refractivity contribution in [1.82, 2.24) is 0 Å². The van der Waals surface area contributed by atoms with E-state index in [0.717, 1.165) is 4.47 Å². The van der Waals surface area contributed by atoms with E-state index in [1.165, 1.54) is 7.11 Å². The topological polar surface area (TPSA) is 69.7 Å². The van der Waals surface area contributed by atoms with Crippen LogP contribution in [0.4, 0.5) is 0 Å². The molecule has 7 heteroatoms. The number of hydrogen-bond donors (Lipinski definition) is 0. The van der Waals surface area contributed by atoms with E-state index in [-0.39, 0.29) is 12.2 Å². The predicted octanol–water partition coefficient (Wildman–Crippen LogP) is 4.56. The zero-order chi connectivity index (χ0) is 20.3. The first-order valence-electron chi connectivity index (χ1n) is 8.75. The smallest absolute Gasteiger partial charge is 0.330 e. The van der Waals surface area contributed by atoms with Crippen LogP contribution < -0.4 is 4.74 Å². The van der Waals surface area contributed by atoms with Crippen molar-refractivity contribution in [2.24, 2.45) is 10.8 Å². The van der Waals surface area contributed by atoms with E-state index in [1.807, 2.05) is 0 Å². The number of methoxy groups -OCH3 is 1. The van der Waals surface area contributed by atoms with Gasteiger partial charge in [0.2, 0.25) is 0 Å². The standard InChI is InChI=1S/C21H16BrClO5/c1-3-20(17(24)11-4-7-13(23)8-5-11)16-14-10-12(22)6-9-15(14)28-19(26)21(16,20)18(25)27-2/h4-10,16H,3H2,1-2H3/t16-,20-,21-/m1/s1. The number of ether oxygens (including phenoxy) is 2. The van der Waals surface area contributed by atoms with Crippen LogP contribution in [0.5, 0.6) is 5.75 Å². The van der Waals surface area contributed by atoms with Crippen LogP contribution in [-0.4, -0.2) is 24.8 Å². The van der Waals surface area contributed by atoms with Gasteiger partial charge in [0, 0.05) is 26.5 Å². The molecule has 2 aromatic carbocycles. The molecule has 0 aromatic heterocycles. The zero-order valence-corrected chi connectivity index (χ0v) is 17.5. The molecule has 144 valence electrons. The predicted molar refractivity (Wildman–Crippen MR) is 105 cm³/mol. The van der Waals surface area contributed by atoms with Gasteiger partial charge in [0.15, 0.2) is 11.2 Å². The molecule has 2 aliphatic rings. The Balaban J connectivity index is 1.95. The van der Waals surface area contributed by atoms with Crippen molar-refractivity contribution in [2.75, 3.05) is 7.11 Å². The fraction of sp³-hybridized carbons (Fsp3) is 0.286. The number of esters is 2. The summed E-state index contributed by atoms with van der Waals surface area (Å²) in [5.41, 5.74) is -1.95. The number of halogens is 2. The minimum absolute atomic E-state index is 0.273. The number of carbonyl (C=O) groups excluding carboxylic acids is 3. The van der Waals surface area contributed by atoms with Crippen LogP contribution in [0.2, 0.25) is 5.02 Å². The number of hydrogen-bond acceptors (Lipinski definition) is 5. The number of carbonyl (C=O) groups is 3. The third-order valence-electron chi connectivity index (χ3n) is 5.93. The van der Waals surface area contributed by atoms with Crippen molar-refractivity contribution >= 4 is 45.3 Å². The van der Waals surface area contributed by atoms with E-state index in [4.69, 9.17) is 21.1 Å². The van der Waals surface area contributed by atoms with Crippen LogP contribution in [0.1, 0.15) is 35.2 Å². The van der Waals surface area contributed by atoms with Crippen LogP contribution in [0, 0.1) is 10.8 Å². The Labute approximate surface area is 175 Å². The molecule has 0 saturated heterocycles.